The van der Waals surface area contributed by atoms with Gasteiger partial charge in [0.05, 0.1) is 23.5 Å². The number of nitrogens with one attached hydrogen (secondary N) is 2. The fraction of sp³-hybridized carbons (Fsp3) is 0.0417. The highest BCUT2D eigenvalue weighted by Crippen LogP contribution is 2.30. The molecule has 1 aromatic carbocycles. The number of hydrogen-bond donors (Lipinski definition) is 2. The molecule has 0 atom stereocenters. The lowest BCUT2D eigenvalue weighted by molar-refractivity contribution is 0.102. The van der Waals surface area contributed by atoms with Crippen molar-refractivity contribution in [2.75, 3.05) is 10.6 Å². The van der Waals surface area contributed by atoms with Gasteiger partial charge in [0, 0.05) is 40.8 Å². The highest BCUT2D eigenvalue weighted by molar-refractivity contribution is 6.06. The number of nitriles is 1. The van der Waals surface area contributed by atoms with Crippen LogP contribution in [0.5, 0.6) is 0 Å². The zero-order valence-corrected chi connectivity index (χ0v) is 17.1. The molecular weight excluding hydrogens is 426 g/mol. The summed E-state index contributed by atoms with van der Waals surface area (Å²) in [5.74, 6) is -0.224. The monoisotopic (exact) mass is 442 g/mol. The number of alkyl halides is 1. The number of hydrogen-bond acceptors (Lipinski definition) is 6. The molecule has 0 radical (unpaired) electrons. The largest absolute Gasteiger partial charge is 0.325 e. The van der Waals surface area contributed by atoms with Crippen LogP contribution in [0.3, 0.4) is 0 Å². The van der Waals surface area contributed by atoms with Crippen LogP contribution >= 0.6 is 0 Å². The number of anilines is 3. The van der Waals surface area contributed by atoms with E-state index < -0.39 is 18.4 Å². The normalized spacial score (nSPS) is 10.3. The molecule has 3 aromatic heterocycles. The molecule has 0 spiro atoms. The van der Waals surface area contributed by atoms with Gasteiger partial charge < -0.3 is 10.6 Å². The number of pyridine rings is 3. The van der Waals surface area contributed by atoms with Gasteiger partial charge in [0.2, 0.25) is 0 Å². The molecule has 162 valence electrons. The van der Waals surface area contributed by atoms with Crippen LogP contribution < -0.4 is 10.6 Å². The van der Waals surface area contributed by atoms with Gasteiger partial charge in [-0.2, -0.15) is 5.26 Å². The highest BCUT2D eigenvalue weighted by Gasteiger charge is 2.14. The molecule has 1 amide bonds. The van der Waals surface area contributed by atoms with Crippen molar-refractivity contribution in [3.05, 3.63) is 95.8 Å². The van der Waals surface area contributed by atoms with E-state index in [9.17, 15) is 13.6 Å². The molecular formula is C24H16F2N6O. The Bertz CT molecular complexity index is 1350. The molecule has 0 unspecified atom stereocenters. The second kappa shape index (κ2) is 9.62. The van der Waals surface area contributed by atoms with Gasteiger partial charge in [-0.1, -0.05) is 12.1 Å². The molecule has 0 aliphatic rings. The average molecular weight is 442 g/mol. The Morgan fingerprint density at radius 3 is 2.58 bits per heavy atom. The summed E-state index contributed by atoms with van der Waals surface area (Å²) in [5.41, 5.74) is 1.90. The Morgan fingerprint density at radius 2 is 1.85 bits per heavy atom. The summed E-state index contributed by atoms with van der Waals surface area (Å²) < 4.78 is 27.2. The van der Waals surface area contributed by atoms with Crippen LogP contribution in [0, 0.1) is 17.1 Å². The summed E-state index contributed by atoms with van der Waals surface area (Å²) in [4.78, 5) is 25.2. The van der Waals surface area contributed by atoms with Gasteiger partial charge in [0.1, 0.15) is 24.1 Å². The Kier molecular flexibility index (Phi) is 6.27. The number of amides is 1. The number of halogens is 2. The van der Waals surface area contributed by atoms with Crippen molar-refractivity contribution in [3.63, 3.8) is 0 Å². The lowest BCUT2D eigenvalue weighted by atomic mass is 10.0. The highest BCUT2D eigenvalue weighted by atomic mass is 19.1. The first kappa shape index (κ1) is 21.5. The number of rotatable bonds is 6. The van der Waals surface area contributed by atoms with E-state index in [-0.39, 0.29) is 11.1 Å². The van der Waals surface area contributed by atoms with Crippen LogP contribution in [-0.4, -0.2) is 20.9 Å². The van der Waals surface area contributed by atoms with Crippen LogP contribution in [0.15, 0.2) is 73.3 Å². The first-order chi connectivity index (χ1) is 16.1. The number of nitrogens with zero attached hydrogens (tertiary/aromatic N) is 4. The molecule has 0 saturated heterocycles. The van der Waals surface area contributed by atoms with Gasteiger partial charge in [-0.3, -0.25) is 9.78 Å². The SMILES string of the molecule is N#Cc1ccc(-c2ccncc2NC(=O)c2ccnc(Nc3ccc(CF)cn3)c2)c(F)c1. The molecule has 2 N–H and O–H groups in total. The maximum atomic E-state index is 14.5. The van der Waals surface area contributed by atoms with Crippen molar-refractivity contribution in [2.24, 2.45) is 0 Å². The Labute approximate surface area is 187 Å². The number of aromatic nitrogens is 3. The third kappa shape index (κ3) is 4.97. The predicted octanol–water partition coefficient (Wildman–Crippen LogP) is 5.01. The smallest absolute Gasteiger partial charge is 0.255 e. The van der Waals surface area contributed by atoms with E-state index in [1.807, 2.05) is 6.07 Å². The number of carbonyl (C=O) groups is 1. The van der Waals surface area contributed by atoms with Crippen molar-refractivity contribution in [3.8, 4) is 17.2 Å². The van der Waals surface area contributed by atoms with Crippen LogP contribution in [-0.2, 0) is 6.67 Å². The molecule has 0 aliphatic heterocycles. The van der Waals surface area contributed by atoms with Crippen LogP contribution in [0.25, 0.3) is 11.1 Å². The maximum Gasteiger partial charge on any atom is 0.255 e. The van der Waals surface area contributed by atoms with Gasteiger partial charge in [0.15, 0.2) is 0 Å². The molecule has 0 saturated carbocycles. The first-order valence-corrected chi connectivity index (χ1v) is 9.76. The minimum absolute atomic E-state index is 0.196. The van der Waals surface area contributed by atoms with Crippen LogP contribution in [0.2, 0.25) is 0 Å². The second-order valence-electron chi connectivity index (χ2n) is 6.92. The van der Waals surface area contributed by atoms with Gasteiger partial charge in [0.25, 0.3) is 5.91 Å². The van der Waals surface area contributed by atoms with E-state index in [1.54, 1.807) is 18.2 Å². The topological polar surface area (TPSA) is 104 Å². The summed E-state index contributed by atoms with van der Waals surface area (Å²) in [6.07, 6.45) is 5.77. The molecule has 0 bridgehead atoms. The van der Waals surface area contributed by atoms with Crippen molar-refractivity contribution in [2.45, 2.75) is 6.67 Å². The summed E-state index contributed by atoms with van der Waals surface area (Å²) in [7, 11) is 0. The molecule has 7 nitrogen and oxygen atoms in total. The van der Waals surface area contributed by atoms with E-state index >= 15 is 0 Å². The third-order valence-corrected chi connectivity index (χ3v) is 4.71. The number of carbonyl (C=O) groups excluding carboxylic acids is 1. The average Bonchev–Trinajstić information content (AvgIpc) is 2.85. The zero-order chi connectivity index (χ0) is 23.2. The lowest BCUT2D eigenvalue weighted by Gasteiger charge is -2.12. The van der Waals surface area contributed by atoms with Gasteiger partial charge in [-0.25, -0.2) is 18.7 Å². The van der Waals surface area contributed by atoms with Crippen LogP contribution in [0.4, 0.5) is 26.1 Å². The van der Waals surface area contributed by atoms with Gasteiger partial charge in [-0.15, -0.1) is 0 Å². The standard InChI is InChI=1S/C24H16F2N6O/c25-11-16-2-4-22(30-13-16)32-23-10-17(5-8-29-23)24(33)31-21-14-28-7-6-19(21)18-3-1-15(12-27)9-20(18)26/h1-10,13-14H,11H2,(H,31,33)(H,29,30,32). The van der Waals surface area contributed by atoms with Crippen molar-refractivity contribution >= 4 is 23.2 Å². The zero-order valence-electron chi connectivity index (χ0n) is 17.1. The van der Waals surface area contributed by atoms with E-state index in [0.717, 1.165) is 6.07 Å². The van der Waals surface area contributed by atoms with E-state index in [1.165, 1.54) is 49.1 Å². The molecule has 3 heterocycles. The molecule has 4 rings (SSSR count). The minimum atomic E-state index is -0.607. The fourth-order valence-corrected chi connectivity index (χ4v) is 3.08. The maximum absolute atomic E-state index is 14.5. The Balaban J connectivity index is 1.56. The lowest BCUT2D eigenvalue weighted by Crippen LogP contribution is -2.13. The summed E-state index contributed by atoms with van der Waals surface area (Å²) in [6, 6.07) is 13.8. The second-order valence-corrected chi connectivity index (χ2v) is 6.92. The Morgan fingerprint density at radius 1 is 0.970 bits per heavy atom. The number of benzene rings is 1. The third-order valence-electron chi connectivity index (χ3n) is 4.71. The summed E-state index contributed by atoms with van der Waals surface area (Å²) in [6.45, 7) is -0.607. The van der Waals surface area contributed by atoms with Crippen molar-refractivity contribution in [1.29, 1.82) is 5.26 Å². The first-order valence-electron chi connectivity index (χ1n) is 9.76. The van der Waals surface area contributed by atoms with E-state index in [4.69, 9.17) is 5.26 Å². The van der Waals surface area contributed by atoms with Gasteiger partial charge in [-0.05, 0) is 36.4 Å². The van der Waals surface area contributed by atoms with Crippen molar-refractivity contribution < 1.29 is 13.6 Å². The molecule has 9 heteroatoms. The molecule has 33 heavy (non-hydrogen) atoms. The fourth-order valence-electron chi connectivity index (χ4n) is 3.08. The van der Waals surface area contributed by atoms with Crippen molar-refractivity contribution in [1.82, 2.24) is 15.0 Å². The van der Waals surface area contributed by atoms with E-state index in [0.29, 0.717) is 34.0 Å². The Hall–Kier alpha value is -4.71. The molecule has 0 fully saturated rings. The molecule has 4 aromatic rings. The van der Waals surface area contributed by atoms with E-state index in [2.05, 4.69) is 25.6 Å². The minimum Gasteiger partial charge on any atom is -0.325 e. The van der Waals surface area contributed by atoms with Crippen LogP contribution in [0.1, 0.15) is 21.5 Å². The van der Waals surface area contributed by atoms with Gasteiger partial charge >= 0.3 is 0 Å². The quantitative estimate of drug-likeness (QED) is 0.435. The summed E-state index contributed by atoms with van der Waals surface area (Å²) >= 11 is 0. The summed E-state index contributed by atoms with van der Waals surface area (Å²) in [5, 5.41) is 14.6. The molecule has 0 aliphatic carbocycles. The predicted molar refractivity (Wildman–Crippen MR) is 119 cm³/mol.